The van der Waals surface area contributed by atoms with Crippen LogP contribution < -0.4 is 0 Å². The Labute approximate surface area is 87.4 Å². The molecule has 1 nitrogen and oxygen atoms in total. The lowest BCUT2D eigenvalue weighted by atomic mass is 10.0. The highest BCUT2D eigenvalue weighted by Crippen LogP contribution is 2.13. The minimum absolute atomic E-state index is 0.0575. The van der Waals surface area contributed by atoms with Crippen LogP contribution in [0.15, 0.2) is 30.4 Å². The number of carbonyl (C=O) groups excluding carboxylic acids is 1. The molecule has 15 heavy (non-hydrogen) atoms. The van der Waals surface area contributed by atoms with Crippen LogP contribution in [0.4, 0.5) is 8.78 Å². The summed E-state index contributed by atoms with van der Waals surface area (Å²) in [4.78, 5) is 11.5. The molecule has 0 aliphatic carbocycles. The highest BCUT2D eigenvalue weighted by molar-refractivity contribution is 5.97. The third-order valence-electron chi connectivity index (χ3n) is 2.10. The first-order chi connectivity index (χ1) is 7.02. The number of benzene rings is 1. The summed E-state index contributed by atoms with van der Waals surface area (Å²) in [5, 5.41) is 0. The average molecular weight is 210 g/mol. The molecule has 0 spiro atoms. The fraction of sp³-hybridized carbons (Fsp3) is 0.250. The van der Waals surface area contributed by atoms with Crippen molar-refractivity contribution in [2.75, 3.05) is 0 Å². The van der Waals surface area contributed by atoms with Crippen LogP contribution in [-0.2, 0) is 0 Å². The average Bonchev–Trinajstić information content (AvgIpc) is 2.16. The summed E-state index contributed by atoms with van der Waals surface area (Å²) in [6.07, 6.45) is 0.822. The molecular formula is C12H12F2O. The van der Waals surface area contributed by atoms with Crippen LogP contribution in [0.3, 0.4) is 0 Å². The third-order valence-corrected chi connectivity index (χ3v) is 2.10. The molecule has 0 heterocycles. The van der Waals surface area contributed by atoms with E-state index < -0.39 is 11.6 Å². The Balaban J connectivity index is 2.86. The van der Waals surface area contributed by atoms with Crippen LogP contribution in [0.5, 0.6) is 0 Å². The van der Waals surface area contributed by atoms with E-state index in [1.165, 1.54) is 0 Å². The number of rotatable bonds is 4. The third kappa shape index (κ3) is 3.27. The number of hydrogen-bond acceptors (Lipinski definition) is 1. The Morgan fingerprint density at radius 1 is 1.27 bits per heavy atom. The van der Waals surface area contributed by atoms with Gasteiger partial charge >= 0.3 is 0 Å². The number of allylic oxidation sites excluding steroid dienone is 1. The van der Waals surface area contributed by atoms with Gasteiger partial charge in [-0.3, -0.25) is 4.79 Å². The van der Waals surface area contributed by atoms with Crippen molar-refractivity contribution in [2.24, 2.45) is 0 Å². The molecular weight excluding hydrogens is 198 g/mol. The number of carbonyl (C=O) groups is 1. The molecule has 0 aliphatic rings. The van der Waals surface area contributed by atoms with Gasteiger partial charge in [0.15, 0.2) is 5.78 Å². The standard InChI is InChI=1S/C12H12F2O/c1-3-8(2)4-12(15)9-5-10(13)7-11(14)6-9/h5-7H,2-4H2,1H3. The van der Waals surface area contributed by atoms with E-state index in [2.05, 4.69) is 6.58 Å². The number of Topliss-reactive ketones (excluding diaryl/α,β-unsaturated/α-hetero) is 1. The molecule has 0 aliphatic heterocycles. The van der Waals surface area contributed by atoms with Gasteiger partial charge in [-0.25, -0.2) is 8.78 Å². The normalized spacial score (nSPS) is 10.1. The van der Waals surface area contributed by atoms with Gasteiger partial charge in [0.05, 0.1) is 0 Å². The zero-order valence-corrected chi connectivity index (χ0v) is 8.52. The second kappa shape index (κ2) is 4.82. The van der Waals surface area contributed by atoms with Gasteiger partial charge < -0.3 is 0 Å². The molecule has 1 aromatic carbocycles. The summed E-state index contributed by atoms with van der Waals surface area (Å²) in [6.45, 7) is 5.55. The van der Waals surface area contributed by atoms with E-state index in [1.807, 2.05) is 6.92 Å². The Morgan fingerprint density at radius 2 is 1.80 bits per heavy atom. The fourth-order valence-electron chi connectivity index (χ4n) is 1.17. The van der Waals surface area contributed by atoms with Crippen LogP contribution in [0.2, 0.25) is 0 Å². The summed E-state index contributed by atoms with van der Waals surface area (Å²) in [5.41, 5.74) is 0.812. The van der Waals surface area contributed by atoms with Gasteiger partial charge in [0.1, 0.15) is 11.6 Å². The molecule has 3 heteroatoms. The maximum atomic E-state index is 12.8. The van der Waals surface area contributed by atoms with E-state index >= 15 is 0 Å². The van der Waals surface area contributed by atoms with Crippen LogP contribution >= 0.6 is 0 Å². The Hall–Kier alpha value is -1.51. The van der Waals surface area contributed by atoms with Gasteiger partial charge in [-0.15, -0.1) is 0 Å². The predicted molar refractivity (Wildman–Crippen MR) is 54.7 cm³/mol. The van der Waals surface area contributed by atoms with Crippen molar-refractivity contribution < 1.29 is 13.6 Å². The first-order valence-corrected chi connectivity index (χ1v) is 4.69. The van der Waals surface area contributed by atoms with Crippen molar-refractivity contribution >= 4 is 5.78 Å². The SMILES string of the molecule is C=C(CC)CC(=O)c1cc(F)cc(F)c1. The molecule has 0 bridgehead atoms. The van der Waals surface area contributed by atoms with Crippen LogP contribution in [-0.4, -0.2) is 5.78 Å². The minimum Gasteiger partial charge on any atom is -0.294 e. The quantitative estimate of drug-likeness (QED) is 0.549. The van der Waals surface area contributed by atoms with Crippen molar-refractivity contribution in [1.29, 1.82) is 0 Å². The maximum Gasteiger partial charge on any atom is 0.167 e. The molecule has 0 amide bonds. The Morgan fingerprint density at radius 3 is 2.27 bits per heavy atom. The van der Waals surface area contributed by atoms with E-state index in [0.29, 0.717) is 6.42 Å². The van der Waals surface area contributed by atoms with E-state index in [4.69, 9.17) is 0 Å². The van der Waals surface area contributed by atoms with Gasteiger partial charge in [-0.2, -0.15) is 0 Å². The summed E-state index contributed by atoms with van der Waals surface area (Å²) >= 11 is 0. The molecule has 0 N–H and O–H groups in total. The van der Waals surface area contributed by atoms with Crippen molar-refractivity contribution in [1.82, 2.24) is 0 Å². The Bertz CT molecular complexity index is 376. The number of hydrogen-bond donors (Lipinski definition) is 0. The van der Waals surface area contributed by atoms with E-state index in [-0.39, 0.29) is 17.8 Å². The Kier molecular flexibility index (Phi) is 3.72. The zero-order valence-electron chi connectivity index (χ0n) is 8.52. The van der Waals surface area contributed by atoms with Crippen molar-refractivity contribution in [3.63, 3.8) is 0 Å². The topological polar surface area (TPSA) is 17.1 Å². The highest BCUT2D eigenvalue weighted by Gasteiger charge is 2.09. The predicted octanol–water partition coefficient (Wildman–Crippen LogP) is 3.50. The van der Waals surface area contributed by atoms with Gasteiger partial charge in [0, 0.05) is 18.1 Å². The maximum absolute atomic E-state index is 12.8. The van der Waals surface area contributed by atoms with Crippen LogP contribution in [0.25, 0.3) is 0 Å². The molecule has 0 unspecified atom stereocenters. The molecule has 0 fully saturated rings. The summed E-state index contributed by atoms with van der Waals surface area (Å²) < 4.78 is 25.6. The van der Waals surface area contributed by atoms with E-state index in [9.17, 15) is 13.6 Å². The number of ketones is 1. The second-order valence-electron chi connectivity index (χ2n) is 3.36. The molecule has 0 saturated carbocycles. The highest BCUT2D eigenvalue weighted by atomic mass is 19.1. The lowest BCUT2D eigenvalue weighted by Gasteiger charge is -2.02. The minimum atomic E-state index is -0.736. The molecule has 0 radical (unpaired) electrons. The molecule has 80 valence electrons. The molecule has 0 saturated heterocycles. The van der Waals surface area contributed by atoms with Crippen molar-refractivity contribution in [3.05, 3.63) is 47.5 Å². The van der Waals surface area contributed by atoms with Gasteiger partial charge in [0.25, 0.3) is 0 Å². The lowest BCUT2D eigenvalue weighted by molar-refractivity contribution is 0.0991. The van der Waals surface area contributed by atoms with Crippen molar-refractivity contribution in [3.8, 4) is 0 Å². The largest absolute Gasteiger partial charge is 0.294 e. The molecule has 1 rings (SSSR count). The van der Waals surface area contributed by atoms with E-state index in [1.54, 1.807) is 0 Å². The first-order valence-electron chi connectivity index (χ1n) is 4.69. The van der Waals surface area contributed by atoms with Gasteiger partial charge in [-0.05, 0) is 18.6 Å². The monoisotopic (exact) mass is 210 g/mol. The molecule has 0 atom stereocenters. The van der Waals surface area contributed by atoms with Crippen LogP contribution in [0, 0.1) is 11.6 Å². The fourth-order valence-corrected chi connectivity index (χ4v) is 1.17. The smallest absolute Gasteiger partial charge is 0.167 e. The second-order valence-corrected chi connectivity index (χ2v) is 3.36. The molecule has 0 aromatic heterocycles. The first kappa shape index (κ1) is 11.6. The summed E-state index contributed by atoms with van der Waals surface area (Å²) in [7, 11) is 0. The van der Waals surface area contributed by atoms with Gasteiger partial charge in [-0.1, -0.05) is 19.1 Å². The van der Waals surface area contributed by atoms with E-state index in [0.717, 1.165) is 23.8 Å². The summed E-state index contributed by atoms with van der Waals surface area (Å²) in [5.74, 6) is -1.78. The molecule has 1 aromatic rings. The summed E-state index contributed by atoms with van der Waals surface area (Å²) in [6, 6.07) is 2.81. The lowest BCUT2D eigenvalue weighted by Crippen LogP contribution is -2.01. The van der Waals surface area contributed by atoms with Crippen molar-refractivity contribution in [2.45, 2.75) is 19.8 Å². The van der Waals surface area contributed by atoms with Gasteiger partial charge in [0.2, 0.25) is 0 Å². The number of halogens is 2. The van der Waals surface area contributed by atoms with Crippen LogP contribution in [0.1, 0.15) is 30.1 Å². The zero-order chi connectivity index (χ0) is 11.4.